The van der Waals surface area contributed by atoms with Crippen LogP contribution in [0.2, 0.25) is 0 Å². The molecule has 8 heteroatoms. The maximum Gasteiger partial charge on any atom is 0.274 e. The second-order valence-electron chi connectivity index (χ2n) is 5.49. The largest absolute Gasteiger partial charge is 0.342 e. The molecular formula is C16H24N4O4. The fourth-order valence-corrected chi connectivity index (χ4v) is 2.35. The normalized spacial score (nSPS) is 10.5. The number of nitrogens with one attached hydrogen (secondary N) is 1. The number of nitro groups is 1. The summed E-state index contributed by atoms with van der Waals surface area (Å²) in [7, 11) is 1.68. The Kier molecular flexibility index (Phi) is 7.31. The summed E-state index contributed by atoms with van der Waals surface area (Å²) in [5.74, 6) is -0.365. The summed E-state index contributed by atoms with van der Waals surface area (Å²) in [6, 6.07) is 4.52. The number of amides is 2. The molecule has 8 nitrogen and oxygen atoms in total. The summed E-state index contributed by atoms with van der Waals surface area (Å²) in [6.45, 7) is 6.81. The van der Waals surface area contributed by atoms with Crippen LogP contribution in [0.3, 0.4) is 0 Å². The molecule has 0 saturated heterocycles. The Bertz CT molecular complexity index is 614. The molecule has 0 atom stereocenters. The number of hydrogen-bond donors (Lipinski definition) is 1. The Labute approximate surface area is 141 Å². The molecule has 2 amide bonds. The number of anilines is 1. The van der Waals surface area contributed by atoms with Crippen molar-refractivity contribution in [3.63, 3.8) is 0 Å². The maximum atomic E-state index is 12.1. The predicted octanol–water partition coefficient (Wildman–Crippen LogP) is 1.64. The lowest BCUT2D eigenvalue weighted by Crippen LogP contribution is -2.41. The van der Waals surface area contributed by atoms with E-state index < -0.39 is 4.92 Å². The summed E-state index contributed by atoms with van der Waals surface area (Å²) in [5.41, 5.74) is 0.758. The van der Waals surface area contributed by atoms with Gasteiger partial charge in [-0.25, -0.2) is 0 Å². The predicted molar refractivity (Wildman–Crippen MR) is 91.9 cm³/mol. The van der Waals surface area contributed by atoms with Crippen LogP contribution in [0.1, 0.15) is 19.4 Å². The summed E-state index contributed by atoms with van der Waals surface area (Å²) in [5, 5.41) is 13.6. The topological polar surface area (TPSA) is 95.8 Å². The van der Waals surface area contributed by atoms with Gasteiger partial charge in [-0.15, -0.1) is 0 Å². The van der Waals surface area contributed by atoms with Crippen LogP contribution in [0.4, 0.5) is 11.4 Å². The van der Waals surface area contributed by atoms with Crippen LogP contribution in [-0.2, 0) is 9.59 Å². The van der Waals surface area contributed by atoms with E-state index in [0.29, 0.717) is 24.3 Å². The van der Waals surface area contributed by atoms with Crippen molar-refractivity contribution < 1.29 is 14.5 Å². The van der Waals surface area contributed by atoms with Crippen LogP contribution >= 0.6 is 0 Å². The standard InChI is InChI=1S/C16H24N4O4/c1-5-19(6-2)16(22)11-18(4)10-15(21)17-13-8-7-9-14(12(13)3)20(23)24/h7-9H,5-6,10-11H2,1-4H3,(H,17,21). The highest BCUT2D eigenvalue weighted by Gasteiger charge is 2.17. The van der Waals surface area contributed by atoms with Crippen LogP contribution in [0.25, 0.3) is 0 Å². The van der Waals surface area contributed by atoms with Crippen molar-refractivity contribution >= 4 is 23.2 Å². The van der Waals surface area contributed by atoms with Crippen LogP contribution in [0, 0.1) is 17.0 Å². The van der Waals surface area contributed by atoms with E-state index in [2.05, 4.69) is 5.32 Å². The van der Waals surface area contributed by atoms with Crippen molar-refractivity contribution in [2.45, 2.75) is 20.8 Å². The number of likely N-dealkylation sites (N-methyl/N-ethyl adjacent to an activating group) is 2. The molecule has 0 fully saturated rings. The Morgan fingerprint density at radius 2 is 1.83 bits per heavy atom. The summed E-state index contributed by atoms with van der Waals surface area (Å²) in [6.07, 6.45) is 0. The molecule has 0 saturated carbocycles. The molecule has 24 heavy (non-hydrogen) atoms. The van der Waals surface area contributed by atoms with E-state index in [1.165, 1.54) is 12.1 Å². The fraction of sp³-hybridized carbons (Fsp3) is 0.500. The lowest BCUT2D eigenvalue weighted by atomic mass is 10.1. The minimum absolute atomic E-state index is 0.0230. The van der Waals surface area contributed by atoms with Gasteiger partial charge < -0.3 is 10.2 Å². The Balaban J connectivity index is 2.65. The van der Waals surface area contributed by atoms with E-state index in [1.54, 1.807) is 29.8 Å². The zero-order valence-electron chi connectivity index (χ0n) is 14.5. The lowest BCUT2D eigenvalue weighted by molar-refractivity contribution is -0.385. The average Bonchev–Trinajstić information content (AvgIpc) is 2.49. The molecule has 132 valence electrons. The molecule has 0 aromatic heterocycles. The molecule has 0 bridgehead atoms. The molecule has 0 spiro atoms. The van der Waals surface area contributed by atoms with E-state index in [-0.39, 0.29) is 30.6 Å². The van der Waals surface area contributed by atoms with Gasteiger partial charge in [0.25, 0.3) is 5.69 Å². The monoisotopic (exact) mass is 336 g/mol. The smallest absolute Gasteiger partial charge is 0.274 e. The van der Waals surface area contributed by atoms with Gasteiger partial charge in [0, 0.05) is 19.2 Å². The third-order valence-electron chi connectivity index (χ3n) is 3.71. The van der Waals surface area contributed by atoms with Gasteiger partial charge in [-0.3, -0.25) is 24.6 Å². The Morgan fingerprint density at radius 3 is 2.38 bits per heavy atom. The summed E-state index contributed by atoms with van der Waals surface area (Å²) in [4.78, 5) is 37.8. The van der Waals surface area contributed by atoms with E-state index in [9.17, 15) is 19.7 Å². The van der Waals surface area contributed by atoms with Gasteiger partial charge in [-0.05, 0) is 33.9 Å². The van der Waals surface area contributed by atoms with Crippen LogP contribution in [0.5, 0.6) is 0 Å². The Morgan fingerprint density at radius 1 is 1.21 bits per heavy atom. The highest BCUT2D eigenvalue weighted by molar-refractivity contribution is 5.93. The third-order valence-corrected chi connectivity index (χ3v) is 3.71. The molecule has 0 aliphatic heterocycles. The van der Waals surface area contributed by atoms with Crippen molar-refractivity contribution in [3.05, 3.63) is 33.9 Å². The zero-order valence-corrected chi connectivity index (χ0v) is 14.5. The number of nitrogens with zero attached hydrogens (tertiary/aromatic N) is 3. The number of carbonyl (C=O) groups is 2. The van der Waals surface area contributed by atoms with Crippen molar-refractivity contribution in [1.29, 1.82) is 0 Å². The molecule has 1 N–H and O–H groups in total. The van der Waals surface area contributed by atoms with Crippen molar-refractivity contribution in [2.24, 2.45) is 0 Å². The van der Waals surface area contributed by atoms with Gasteiger partial charge in [0.2, 0.25) is 11.8 Å². The Hall–Kier alpha value is -2.48. The van der Waals surface area contributed by atoms with E-state index in [0.717, 1.165) is 0 Å². The number of nitro benzene ring substituents is 1. The van der Waals surface area contributed by atoms with Crippen molar-refractivity contribution in [3.8, 4) is 0 Å². The summed E-state index contributed by atoms with van der Waals surface area (Å²) >= 11 is 0. The number of rotatable bonds is 8. The van der Waals surface area contributed by atoms with Crippen molar-refractivity contribution in [1.82, 2.24) is 9.80 Å². The van der Waals surface area contributed by atoms with Gasteiger partial charge in [-0.2, -0.15) is 0 Å². The van der Waals surface area contributed by atoms with Gasteiger partial charge in [0.1, 0.15) is 0 Å². The SMILES string of the molecule is CCN(CC)C(=O)CN(C)CC(=O)Nc1cccc([N+](=O)[O-])c1C. The third kappa shape index (κ3) is 5.31. The molecule has 0 unspecified atom stereocenters. The number of benzene rings is 1. The molecular weight excluding hydrogens is 312 g/mol. The molecule has 0 heterocycles. The first-order chi connectivity index (χ1) is 11.3. The van der Waals surface area contributed by atoms with Crippen molar-refractivity contribution in [2.75, 3.05) is 38.5 Å². The van der Waals surface area contributed by atoms with Gasteiger partial charge in [0.05, 0.1) is 29.3 Å². The van der Waals surface area contributed by atoms with Crippen LogP contribution in [0.15, 0.2) is 18.2 Å². The first kappa shape index (κ1) is 19.6. The maximum absolute atomic E-state index is 12.1. The lowest BCUT2D eigenvalue weighted by Gasteiger charge is -2.22. The quantitative estimate of drug-likeness (QED) is 0.575. The van der Waals surface area contributed by atoms with Crippen LogP contribution < -0.4 is 5.32 Å². The summed E-state index contributed by atoms with van der Waals surface area (Å²) < 4.78 is 0. The minimum atomic E-state index is -0.486. The van der Waals surface area contributed by atoms with E-state index >= 15 is 0 Å². The van der Waals surface area contributed by atoms with E-state index in [4.69, 9.17) is 0 Å². The van der Waals surface area contributed by atoms with Gasteiger partial charge in [0.15, 0.2) is 0 Å². The zero-order chi connectivity index (χ0) is 18.3. The molecule has 0 aliphatic rings. The van der Waals surface area contributed by atoms with E-state index in [1.807, 2.05) is 13.8 Å². The first-order valence-corrected chi connectivity index (χ1v) is 7.80. The molecule has 1 rings (SSSR count). The second kappa shape index (κ2) is 8.97. The fourth-order valence-electron chi connectivity index (χ4n) is 2.35. The average molecular weight is 336 g/mol. The van der Waals surface area contributed by atoms with Gasteiger partial charge in [-0.1, -0.05) is 6.07 Å². The highest BCUT2D eigenvalue weighted by Crippen LogP contribution is 2.24. The second-order valence-corrected chi connectivity index (χ2v) is 5.49. The van der Waals surface area contributed by atoms with Gasteiger partial charge >= 0.3 is 0 Å². The van der Waals surface area contributed by atoms with Crippen LogP contribution in [-0.4, -0.2) is 59.8 Å². The highest BCUT2D eigenvalue weighted by atomic mass is 16.6. The minimum Gasteiger partial charge on any atom is -0.342 e. The first-order valence-electron chi connectivity index (χ1n) is 7.80. The molecule has 0 radical (unpaired) electrons. The molecule has 1 aromatic rings. The number of carbonyl (C=O) groups excluding carboxylic acids is 2. The number of hydrogen-bond acceptors (Lipinski definition) is 5. The molecule has 0 aliphatic carbocycles. The molecule has 1 aromatic carbocycles.